The maximum absolute atomic E-state index is 12.4. The summed E-state index contributed by atoms with van der Waals surface area (Å²) in [7, 11) is 0. The Hall–Kier alpha value is -3.61. The van der Waals surface area contributed by atoms with Crippen molar-refractivity contribution in [2.45, 2.75) is 6.54 Å². The van der Waals surface area contributed by atoms with Crippen LogP contribution in [0.1, 0.15) is 10.5 Å². The van der Waals surface area contributed by atoms with Gasteiger partial charge < -0.3 is 5.32 Å². The van der Waals surface area contributed by atoms with Crippen LogP contribution in [0.5, 0.6) is 0 Å². The first-order valence-corrected chi connectivity index (χ1v) is 8.19. The molecule has 2 heterocycles. The molecule has 7 nitrogen and oxygen atoms in total. The van der Waals surface area contributed by atoms with Gasteiger partial charge in [0.15, 0.2) is 0 Å². The first-order valence-electron chi connectivity index (χ1n) is 8.19. The van der Waals surface area contributed by atoms with Crippen LogP contribution in [0.3, 0.4) is 0 Å². The summed E-state index contributed by atoms with van der Waals surface area (Å²) in [5, 5.41) is 12.2. The quantitative estimate of drug-likeness (QED) is 0.609. The van der Waals surface area contributed by atoms with Gasteiger partial charge in [0.25, 0.3) is 11.5 Å². The third-order valence-corrected chi connectivity index (χ3v) is 4.07. The molecule has 0 bridgehead atoms. The first-order chi connectivity index (χ1) is 12.7. The number of benzene rings is 2. The summed E-state index contributed by atoms with van der Waals surface area (Å²) >= 11 is 0. The number of carbonyl (C=O) groups excluding carboxylic acids is 1. The summed E-state index contributed by atoms with van der Waals surface area (Å²) in [6.45, 7) is 0.482. The fourth-order valence-electron chi connectivity index (χ4n) is 2.73. The number of hydrogen-bond donors (Lipinski definition) is 1. The number of amides is 1. The van der Waals surface area contributed by atoms with Crippen molar-refractivity contribution in [3.63, 3.8) is 0 Å². The van der Waals surface area contributed by atoms with E-state index in [0.29, 0.717) is 16.6 Å². The summed E-state index contributed by atoms with van der Waals surface area (Å²) in [6.07, 6.45) is 0. The molecule has 0 spiro atoms. The van der Waals surface area contributed by atoms with Gasteiger partial charge in [-0.05, 0) is 24.3 Å². The van der Waals surface area contributed by atoms with E-state index in [2.05, 4.69) is 20.6 Å². The molecule has 0 aliphatic rings. The van der Waals surface area contributed by atoms with Gasteiger partial charge in [-0.2, -0.15) is 0 Å². The molecule has 2 aromatic heterocycles. The molecule has 0 saturated carbocycles. The van der Waals surface area contributed by atoms with Crippen molar-refractivity contribution in [2.75, 3.05) is 6.54 Å². The van der Waals surface area contributed by atoms with Crippen molar-refractivity contribution < 1.29 is 4.79 Å². The molecular formula is C19H15N5O2. The molecule has 0 aliphatic heterocycles. The number of fused-ring (bicyclic) bond motifs is 2. The van der Waals surface area contributed by atoms with E-state index in [-0.39, 0.29) is 24.6 Å². The molecule has 7 heteroatoms. The normalized spacial score (nSPS) is 10.9. The zero-order chi connectivity index (χ0) is 17.9. The van der Waals surface area contributed by atoms with Crippen molar-refractivity contribution in [1.29, 1.82) is 0 Å². The van der Waals surface area contributed by atoms with Gasteiger partial charge in [0.05, 0.1) is 17.4 Å². The number of para-hydroxylation sites is 1. The fourth-order valence-corrected chi connectivity index (χ4v) is 2.73. The van der Waals surface area contributed by atoms with Gasteiger partial charge in [-0.15, -0.1) is 5.10 Å². The van der Waals surface area contributed by atoms with Crippen LogP contribution in [0.4, 0.5) is 0 Å². The summed E-state index contributed by atoms with van der Waals surface area (Å²) in [5.41, 5.74) is 1.42. The van der Waals surface area contributed by atoms with Gasteiger partial charge in [0.2, 0.25) is 0 Å². The van der Waals surface area contributed by atoms with Crippen LogP contribution >= 0.6 is 0 Å². The van der Waals surface area contributed by atoms with E-state index in [1.807, 2.05) is 30.3 Å². The van der Waals surface area contributed by atoms with Crippen LogP contribution in [0.25, 0.3) is 21.8 Å². The zero-order valence-electron chi connectivity index (χ0n) is 13.8. The van der Waals surface area contributed by atoms with E-state index < -0.39 is 0 Å². The number of hydrogen-bond acceptors (Lipinski definition) is 5. The highest BCUT2D eigenvalue weighted by Crippen LogP contribution is 2.11. The van der Waals surface area contributed by atoms with E-state index in [1.54, 1.807) is 30.3 Å². The van der Waals surface area contributed by atoms with Crippen molar-refractivity contribution in [3.05, 3.63) is 76.7 Å². The molecule has 0 atom stereocenters. The third-order valence-electron chi connectivity index (χ3n) is 4.07. The van der Waals surface area contributed by atoms with E-state index in [0.717, 1.165) is 10.9 Å². The molecule has 0 fully saturated rings. The molecule has 128 valence electrons. The average Bonchev–Trinajstić information content (AvgIpc) is 2.69. The standard InChI is InChI=1S/C19H15N5O2/c25-18(17-10-9-13-5-1-3-7-15(13)21-17)20-11-12-24-19(26)14-6-2-4-8-16(14)22-23-24/h1-10H,11-12H2,(H,20,25). The monoisotopic (exact) mass is 345 g/mol. The van der Waals surface area contributed by atoms with Crippen LogP contribution in [-0.2, 0) is 6.54 Å². The summed E-state index contributed by atoms with van der Waals surface area (Å²) in [4.78, 5) is 29.0. The Morgan fingerprint density at radius 1 is 0.962 bits per heavy atom. The lowest BCUT2D eigenvalue weighted by atomic mass is 10.2. The van der Waals surface area contributed by atoms with Crippen molar-refractivity contribution in [1.82, 2.24) is 25.3 Å². The van der Waals surface area contributed by atoms with Crippen LogP contribution in [0, 0.1) is 0 Å². The Bertz CT molecular complexity index is 1170. The van der Waals surface area contributed by atoms with Crippen molar-refractivity contribution in [2.24, 2.45) is 0 Å². The van der Waals surface area contributed by atoms with Crippen LogP contribution in [0.2, 0.25) is 0 Å². The van der Waals surface area contributed by atoms with Gasteiger partial charge in [-0.1, -0.05) is 41.6 Å². The zero-order valence-corrected chi connectivity index (χ0v) is 13.8. The third kappa shape index (κ3) is 3.02. The van der Waals surface area contributed by atoms with E-state index in [9.17, 15) is 9.59 Å². The predicted octanol–water partition coefficient (Wildman–Crippen LogP) is 1.77. The first kappa shape index (κ1) is 15.9. The average molecular weight is 345 g/mol. The van der Waals surface area contributed by atoms with Gasteiger partial charge in [0, 0.05) is 11.9 Å². The lowest BCUT2D eigenvalue weighted by Gasteiger charge is -2.07. The minimum absolute atomic E-state index is 0.228. The van der Waals surface area contributed by atoms with Gasteiger partial charge in [-0.3, -0.25) is 9.59 Å². The largest absolute Gasteiger partial charge is 0.349 e. The molecule has 4 aromatic rings. The van der Waals surface area contributed by atoms with Gasteiger partial charge in [0.1, 0.15) is 11.2 Å². The van der Waals surface area contributed by atoms with Crippen molar-refractivity contribution in [3.8, 4) is 0 Å². The maximum Gasteiger partial charge on any atom is 0.277 e. The second-order valence-corrected chi connectivity index (χ2v) is 5.78. The molecular weight excluding hydrogens is 330 g/mol. The second kappa shape index (κ2) is 6.72. The minimum Gasteiger partial charge on any atom is -0.349 e. The highest BCUT2D eigenvalue weighted by molar-refractivity contribution is 5.94. The highest BCUT2D eigenvalue weighted by Gasteiger charge is 2.09. The van der Waals surface area contributed by atoms with Gasteiger partial charge >= 0.3 is 0 Å². The van der Waals surface area contributed by atoms with Gasteiger partial charge in [-0.25, -0.2) is 9.67 Å². The molecule has 4 rings (SSSR count). The summed E-state index contributed by atoms with van der Waals surface area (Å²) in [6, 6.07) is 18.2. The smallest absolute Gasteiger partial charge is 0.277 e. The number of carbonyl (C=O) groups is 1. The molecule has 0 aliphatic carbocycles. The molecule has 26 heavy (non-hydrogen) atoms. The number of aromatic nitrogens is 4. The number of nitrogens with zero attached hydrogens (tertiary/aromatic N) is 4. The number of pyridine rings is 1. The molecule has 0 radical (unpaired) electrons. The van der Waals surface area contributed by atoms with Crippen LogP contribution < -0.4 is 10.9 Å². The predicted molar refractivity (Wildman–Crippen MR) is 97.9 cm³/mol. The van der Waals surface area contributed by atoms with E-state index >= 15 is 0 Å². The Labute approximate surface area is 148 Å². The van der Waals surface area contributed by atoms with E-state index in [1.165, 1.54) is 4.68 Å². The molecule has 0 saturated heterocycles. The summed E-state index contributed by atoms with van der Waals surface area (Å²) in [5.74, 6) is -0.294. The number of rotatable bonds is 4. The molecule has 1 N–H and O–H groups in total. The molecule has 1 amide bonds. The Morgan fingerprint density at radius 3 is 2.62 bits per heavy atom. The highest BCUT2D eigenvalue weighted by atomic mass is 16.2. The van der Waals surface area contributed by atoms with Crippen LogP contribution in [-0.4, -0.2) is 32.4 Å². The fraction of sp³-hybridized carbons (Fsp3) is 0.105. The summed E-state index contributed by atoms with van der Waals surface area (Å²) < 4.78 is 1.25. The maximum atomic E-state index is 12.4. The lowest BCUT2D eigenvalue weighted by molar-refractivity contribution is 0.0947. The Balaban J connectivity index is 1.46. The number of nitrogens with one attached hydrogen (secondary N) is 1. The minimum atomic E-state index is -0.294. The molecule has 0 unspecified atom stereocenters. The van der Waals surface area contributed by atoms with Crippen LogP contribution in [0.15, 0.2) is 65.5 Å². The second-order valence-electron chi connectivity index (χ2n) is 5.78. The Kier molecular flexibility index (Phi) is 4.10. The van der Waals surface area contributed by atoms with E-state index in [4.69, 9.17) is 0 Å². The topological polar surface area (TPSA) is 89.8 Å². The SMILES string of the molecule is O=C(NCCn1nnc2ccccc2c1=O)c1ccc2ccccc2n1. The molecule has 2 aromatic carbocycles. The van der Waals surface area contributed by atoms with Crippen molar-refractivity contribution >= 4 is 27.7 Å². The Morgan fingerprint density at radius 2 is 1.73 bits per heavy atom. The lowest BCUT2D eigenvalue weighted by Crippen LogP contribution is -2.33.